The molecule has 0 amide bonds. The number of aromatic nitrogens is 2. The van der Waals surface area contributed by atoms with Gasteiger partial charge in [0.25, 0.3) is 0 Å². The minimum Gasteiger partial charge on any atom is -0.286 e. The molecule has 1 aliphatic heterocycles. The lowest BCUT2D eigenvalue weighted by Crippen LogP contribution is -2.47. The van der Waals surface area contributed by atoms with Crippen LogP contribution in [-0.4, -0.2) is 27.1 Å². The van der Waals surface area contributed by atoms with Gasteiger partial charge in [-0.15, -0.1) is 0 Å². The van der Waals surface area contributed by atoms with Crippen molar-refractivity contribution in [2.75, 3.05) is 5.43 Å². The molecule has 2 atom stereocenters. The molecule has 0 radical (unpaired) electrons. The summed E-state index contributed by atoms with van der Waals surface area (Å²) in [7, 11) is 0. The van der Waals surface area contributed by atoms with Crippen molar-refractivity contribution in [3.05, 3.63) is 18.5 Å². The molecular weight excluding hydrogens is 188 g/mol. The second-order valence-electron chi connectivity index (χ2n) is 4.22. The average molecular weight is 206 g/mol. The van der Waals surface area contributed by atoms with E-state index in [2.05, 4.69) is 34.3 Å². The summed E-state index contributed by atoms with van der Waals surface area (Å²) in [6, 6.07) is 2.93. The smallest absolute Gasteiger partial charge is 0.237 e. The van der Waals surface area contributed by atoms with Gasteiger partial charge in [-0.05, 0) is 32.8 Å². The molecule has 2 heterocycles. The molecule has 1 aliphatic rings. The maximum absolute atomic E-state index is 4.18. The lowest BCUT2D eigenvalue weighted by Gasteiger charge is -2.38. The van der Waals surface area contributed by atoms with Gasteiger partial charge in [0.2, 0.25) is 5.95 Å². The molecule has 0 aromatic carbocycles. The lowest BCUT2D eigenvalue weighted by atomic mass is 10.00. The number of hydrogen-bond acceptors (Lipinski definition) is 4. The summed E-state index contributed by atoms with van der Waals surface area (Å²) >= 11 is 0. The van der Waals surface area contributed by atoms with Gasteiger partial charge in [0.1, 0.15) is 0 Å². The molecule has 1 fully saturated rings. The highest BCUT2D eigenvalue weighted by atomic mass is 15.6. The monoisotopic (exact) mass is 206 g/mol. The van der Waals surface area contributed by atoms with Crippen LogP contribution in [0.3, 0.4) is 0 Å². The van der Waals surface area contributed by atoms with Crippen LogP contribution in [0.2, 0.25) is 0 Å². The quantitative estimate of drug-likeness (QED) is 0.804. The summed E-state index contributed by atoms with van der Waals surface area (Å²) in [5.41, 5.74) is 3.29. The standard InChI is InChI=1S/C11H18N4/c1-9-5-3-6-10(2)15(9)14-11-12-7-4-8-13-11/h4,7-10H,3,5-6H2,1-2H3,(H,12,13,14). The molecule has 1 aromatic rings. The van der Waals surface area contributed by atoms with E-state index < -0.39 is 0 Å². The zero-order chi connectivity index (χ0) is 10.7. The molecular formula is C11H18N4. The van der Waals surface area contributed by atoms with E-state index in [0.29, 0.717) is 18.0 Å². The van der Waals surface area contributed by atoms with Crippen LogP contribution in [0.5, 0.6) is 0 Å². The van der Waals surface area contributed by atoms with Crippen LogP contribution in [0.1, 0.15) is 33.1 Å². The van der Waals surface area contributed by atoms with Crippen LogP contribution in [0.25, 0.3) is 0 Å². The average Bonchev–Trinajstić information content (AvgIpc) is 2.25. The molecule has 2 unspecified atom stereocenters. The predicted octanol–water partition coefficient (Wildman–Crippen LogP) is 2.07. The van der Waals surface area contributed by atoms with Crippen LogP contribution in [-0.2, 0) is 0 Å². The number of piperidine rings is 1. The van der Waals surface area contributed by atoms with E-state index in [1.54, 1.807) is 12.4 Å². The minimum absolute atomic E-state index is 0.553. The fourth-order valence-corrected chi connectivity index (χ4v) is 2.11. The Bertz CT molecular complexity index is 291. The van der Waals surface area contributed by atoms with Gasteiger partial charge < -0.3 is 0 Å². The third-order valence-electron chi connectivity index (χ3n) is 2.99. The van der Waals surface area contributed by atoms with Gasteiger partial charge >= 0.3 is 0 Å². The van der Waals surface area contributed by atoms with E-state index in [9.17, 15) is 0 Å². The molecule has 4 heteroatoms. The van der Waals surface area contributed by atoms with Crippen molar-refractivity contribution >= 4 is 5.95 Å². The number of rotatable bonds is 2. The summed E-state index contributed by atoms with van der Waals surface area (Å²) < 4.78 is 0. The van der Waals surface area contributed by atoms with Crippen LogP contribution in [0.15, 0.2) is 18.5 Å². The molecule has 1 aromatic heterocycles. The minimum atomic E-state index is 0.553. The van der Waals surface area contributed by atoms with E-state index in [1.807, 2.05) is 6.07 Å². The first kappa shape index (κ1) is 10.4. The largest absolute Gasteiger partial charge is 0.286 e. The first-order valence-electron chi connectivity index (χ1n) is 5.59. The van der Waals surface area contributed by atoms with E-state index in [1.165, 1.54) is 19.3 Å². The summed E-state index contributed by atoms with van der Waals surface area (Å²) in [6.45, 7) is 4.48. The molecule has 1 saturated heterocycles. The molecule has 0 saturated carbocycles. The Hall–Kier alpha value is -1.16. The van der Waals surface area contributed by atoms with Gasteiger partial charge in [0.15, 0.2) is 0 Å². The van der Waals surface area contributed by atoms with Gasteiger partial charge in [-0.3, -0.25) is 5.43 Å². The van der Waals surface area contributed by atoms with E-state index in [-0.39, 0.29) is 0 Å². The molecule has 0 spiro atoms. The van der Waals surface area contributed by atoms with Gasteiger partial charge in [0, 0.05) is 24.5 Å². The maximum Gasteiger partial charge on any atom is 0.237 e. The van der Waals surface area contributed by atoms with Crippen molar-refractivity contribution < 1.29 is 0 Å². The Kier molecular flexibility index (Phi) is 3.16. The Labute approximate surface area is 90.7 Å². The molecule has 15 heavy (non-hydrogen) atoms. The van der Waals surface area contributed by atoms with Crippen LogP contribution in [0.4, 0.5) is 5.95 Å². The summed E-state index contributed by atoms with van der Waals surface area (Å²) in [5.74, 6) is 0.693. The van der Waals surface area contributed by atoms with E-state index >= 15 is 0 Å². The Morgan fingerprint density at radius 2 is 1.80 bits per heavy atom. The molecule has 82 valence electrons. The number of anilines is 1. The highest BCUT2D eigenvalue weighted by Crippen LogP contribution is 2.21. The van der Waals surface area contributed by atoms with Crippen molar-refractivity contribution in [3.63, 3.8) is 0 Å². The van der Waals surface area contributed by atoms with E-state index in [0.717, 1.165) is 0 Å². The summed E-state index contributed by atoms with van der Waals surface area (Å²) in [6.07, 6.45) is 7.31. The Balaban J connectivity index is 2.03. The first-order chi connectivity index (χ1) is 7.27. The summed E-state index contributed by atoms with van der Waals surface area (Å²) in [4.78, 5) is 8.36. The molecule has 0 aliphatic carbocycles. The highest BCUT2D eigenvalue weighted by molar-refractivity contribution is 5.21. The van der Waals surface area contributed by atoms with Crippen molar-refractivity contribution in [2.24, 2.45) is 0 Å². The maximum atomic E-state index is 4.18. The number of nitrogens with zero attached hydrogens (tertiary/aromatic N) is 3. The normalized spacial score (nSPS) is 27.6. The molecule has 0 bridgehead atoms. The fraction of sp³-hybridized carbons (Fsp3) is 0.636. The SMILES string of the molecule is CC1CCCC(C)N1Nc1ncccn1. The molecule has 1 N–H and O–H groups in total. The van der Waals surface area contributed by atoms with E-state index in [4.69, 9.17) is 0 Å². The van der Waals surface area contributed by atoms with Crippen molar-refractivity contribution in [1.29, 1.82) is 0 Å². The lowest BCUT2D eigenvalue weighted by molar-refractivity contribution is 0.134. The molecule has 2 rings (SSSR count). The topological polar surface area (TPSA) is 41.0 Å². The first-order valence-corrected chi connectivity index (χ1v) is 5.59. The van der Waals surface area contributed by atoms with Crippen molar-refractivity contribution in [3.8, 4) is 0 Å². The van der Waals surface area contributed by atoms with Gasteiger partial charge in [-0.2, -0.15) is 0 Å². The van der Waals surface area contributed by atoms with Crippen molar-refractivity contribution in [2.45, 2.75) is 45.2 Å². The number of hydrazine groups is 1. The number of nitrogens with one attached hydrogen (secondary N) is 1. The van der Waals surface area contributed by atoms with Crippen LogP contribution < -0.4 is 5.43 Å². The Morgan fingerprint density at radius 1 is 1.20 bits per heavy atom. The van der Waals surface area contributed by atoms with Crippen molar-refractivity contribution in [1.82, 2.24) is 15.0 Å². The second kappa shape index (κ2) is 4.57. The third-order valence-corrected chi connectivity index (χ3v) is 2.99. The highest BCUT2D eigenvalue weighted by Gasteiger charge is 2.24. The Morgan fingerprint density at radius 3 is 2.40 bits per heavy atom. The van der Waals surface area contributed by atoms with Gasteiger partial charge in [0.05, 0.1) is 0 Å². The van der Waals surface area contributed by atoms with Crippen LogP contribution >= 0.6 is 0 Å². The fourth-order valence-electron chi connectivity index (χ4n) is 2.11. The summed E-state index contributed by atoms with van der Waals surface area (Å²) in [5, 5.41) is 2.26. The van der Waals surface area contributed by atoms with Gasteiger partial charge in [-0.1, -0.05) is 6.42 Å². The predicted molar refractivity (Wildman–Crippen MR) is 60.3 cm³/mol. The van der Waals surface area contributed by atoms with Crippen LogP contribution in [0, 0.1) is 0 Å². The molecule has 4 nitrogen and oxygen atoms in total. The van der Waals surface area contributed by atoms with Gasteiger partial charge in [-0.25, -0.2) is 15.0 Å². The third kappa shape index (κ3) is 2.45. The second-order valence-corrected chi connectivity index (χ2v) is 4.22. The zero-order valence-electron chi connectivity index (χ0n) is 9.35. The zero-order valence-corrected chi connectivity index (χ0v) is 9.35. The number of hydrogen-bond donors (Lipinski definition) is 1.